The summed E-state index contributed by atoms with van der Waals surface area (Å²) < 4.78 is 0. The Kier molecular flexibility index (Phi) is 126. The van der Waals surface area contributed by atoms with Crippen molar-refractivity contribution in [3.05, 3.63) is 0 Å². The molecule has 198 valence electrons. The van der Waals surface area contributed by atoms with Crippen LogP contribution < -0.4 is 0 Å². The van der Waals surface area contributed by atoms with E-state index in [1.54, 1.807) is 0 Å². The van der Waals surface area contributed by atoms with Gasteiger partial charge in [-0.15, -0.1) is 0 Å². The number of hydrogen-bond acceptors (Lipinski definition) is 8. The van der Waals surface area contributed by atoms with Crippen LogP contribution in [0.25, 0.3) is 0 Å². The molecule has 0 aliphatic heterocycles. The molecule has 0 saturated carbocycles. The van der Waals surface area contributed by atoms with Crippen molar-refractivity contribution >= 4 is 138 Å². The van der Waals surface area contributed by atoms with E-state index in [-0.39, 0.29) is 88.7 Å². The molecule has 16 N–H and O–H groups in total. The Morgan fingerprint density at radius 1 is 0.200 bits per heavy atom. The Labute approximate surface area is 256 Å². The molecule has 0 saturated heterocycles. The van der Waals surface area contributed by atoms with Gasteiger partial charge in [0.15, 0.2) is 0 Å². The SMILES string of the molecule is O=C(O)O.O=C(O)O.O=C(O)O.O=C(O)O.O=C(O)O.O=C(O)O.O=C(O)O.O=C(O)O.[NaH].[NaH].[NaH]. The average molecular weight is 568 g/mol. The van der Waals surface area contributed by atoms with Crippen LogP contribution in [0.4, 0.5) is 38.4 Å². The van der Waals surface area contributed by atoms with Crippen molar-refractivity contribution in [2.45, 2.75) is 0 Å². The molecule has 0 aliphatic carbocycles. The van der Waals surface area contributed by atoms with Gasteiger partial charge in [-0.05, 0) is 0 Å². The molecule has 0 aliphatic rings. The summed E-state index contributed by atoms with van der Waals surface area (Å²) in [7, 11) is 0. The summed E-state index contributed by atoms with van der Waals surface area (Å²) in [5.41, 5.74) is 0. The van der Waals surface area contributed by atoms with Crippen molar-refractivity contribution in [3.63, 3.8) is 0 Å². The summed E-state index contributed by atoms with van der Waals surface area (Å²) in [6, 6.07) is 0. The molecular weight excluding hydrogens is 549 g/mol. The molecule has 0 rings (SSSR count). The maximum absolute atomic E-state index is 8.56. The molecule has 0 spiro atoms. The first-order valence-corrected chi connectivity index (χ1v) is 5.21. The summed E-state index contributed by atoms with van der Waals surface area (Å²) in [4.78, 5) is 68.4. The van der Waals surface area contributed by atoms with Crippen LogP contribution in [-0.4, -0.2) is 220 Å². The molecule has 35 heavy (non-hydrogen) atoms. The van der Waals surface area contributed by atoms with E-state index < -0.39 is 49.2 Å². The molecule has 0 aromatic carbocycles. The zero-order valence-corrected chi connectivity index (χ0v) is 14.4. The second-order valence-corrected chi connectivity index (χ2v) is 2.26. The zero-order chi connectivity index (χ0) is 28.6. The summed E-state index contributed by atoms with van der Waals surface area (Å²) in [5.74, 6) is 0. The number of rotatable bonds is 0. The molecule has 0 heterocycles. The molecule has 0 amide bonds. The van der Waals surface area contributed by atoms with Gasteiger partial charge in [0.1, 0.15) is 0 Å². The van der Waals surface area contributed by atoms with Crippen LogP contribution >= 0.6 is 0 Å². The average Bonchev–Trinajstić information content (AvgIpc) is 2.30. The molecule has 0 bridgehead atoms. The molecule has 24 nitrogen and oxygen atoms in total. The Bertz CT molecular complexity index is 369. The molecule has 0 atom stereocenters. The van der Waals surface area contributed by atoms with E-state index in [9.17, 15) is 0 Å². The first-order chi connectivity index (χ1) is 13.9. The maximum atomic E-state index is 8.56. The second kappa shape index (κ2) is 63.3. The first-order valence-electron chi connectivity index (χ1n) is 5.21. The van der Waals surface area contributed by atoms with Gasteiger partial charge in [-0.25, -0.2) is 38.4 Å². The van der Waals surface area contributed by atoms with E-state index in [4.69, 9.17) is 120 Å². The summed E-state index contributed by atoms with van der Waals surface area (Å²) in [6.07, 6.45) is -14.7. The Hall–Kier alpha value is -2.84. The van der Waals surface area contributed by atoms with Crippen molar-refractivity contribution < 1.29 is 120 Å². The molecule has 27 heteroatoms. The van der Waals surface area contributed by atoms with Crippen LogP contribution in [-0.2, 0) is 0 Å². The number of carboxylic acid groups (broad SMARTS) is 16. The van der Waals surface area contributed by atoms with Crippen LogP contribution in [0.5, 0.6) is 0 Å². The fraction of sp³-hybridized carbons (Fsp3) is 0. The van der Waals surface area contributed by atoms with Gasteiger partial charge in [-0.1, -0.05) is 0 Å². The van der Waals surface area contributed by atoms with Crippen molar-refractivity contribution in [1.82, 2.24) is 0 Å². The van der Waals surface area contributed by atoms with E-state index in [2.05, 4.69) is 0 Å². The Balaban J connectivity index is -0.0000000206. The van der Waals surface area contributed by atoms with Gasteiger partial charge in [0.05, 0.1) is 0 Å². The van der Waals surface area contributed by atoms with E-state index in [1.165, 1.54) is 0 Å². The van der Waals surface area contributed by atoms with Gasteiger partial charge in [0, 0.05) is 0 Å². The Morgan fingerprint density at radius 2 is 0.200 bits per heavy atom. The van der Waals surface area contributed by atoms with Gasteiger partial charge in [-0.2, -0.15) is 0 Å². The molecular formula is C8H19Na3O24. The molecule has 0 aromatic rings. The molecule has 0 fully saturated rings. The summed E-state index contributed by atoms with van der Waals surface area (Å²) in [6.45, 7) is 0. The van der Waals surface area contributed by atoms with E-state index >= 15 is 0 Å². The minimum absolute atomic E-state index is 0. The molecule has 0 unspecified atom stereocenters. The summed E-state index contributed by atoms with van der Waals surface area (Å²) >= 11 is 0. The van der Waals surface area contributed by atoms with Crippen LogP contribution in [0.15, 0.2) is 0 Å². The first kappa shape index (κ1) is 69.7. The molecule has 0 radical (unpaired) electrons. The van der Waals surface area contributed by atoms with E-state index in [0.717, 1.165) is 0 Å². The predicted molar refractivity (Wildman–Crippen MR) is 107 cm³/mol. The zero-order valence-electron chi connectivity index (χ0n) is 14.4. The predicted octanol–water partition coefficient (Wildman–Crippen LogP) is -0.166. The van der Waals surface area contributed by atoms with Gasteiger partial charge < -0.3 is 81.7 Å². The van der Waals surface area contributed by atoms with E-state index in [1.807, 2.05) is 0 Å². The van der Waals surface area contributed by atoms with Crippen molar-refractivity contribution in [3.8, 4) is 0 Å². The van der Waals surface area contributed by atoms with Crippen molar-refractivity contribution in [2.24, 2.45) is 0 Å². The topological polar surface area (TPSA) is 460 Å². The van der Waals surface area contributed by atoms with Crippen molar-refractivity contribution in [2.75, 3.05) is 0 Å². The van der Waals surface area contributed by atoms with Gasteiger partial charge in [-0.3, -0.25) is 0 Å². The monoisotopic (exact) mass is 568 g/mol. The van der Waals surface area contributed by atoms with E-state index in [0.29, 0.717) is 0 Å². The number of carbonyl (C=O) groups is 8. The van der Waals surface area contributed by atoms with Crippen molar-refractivity contribution in [1.29, 1.82) is 0 Å². The van der Waals surface area contributed by atoms with Gasteiger partial charge in [0.2, 0.25) is 0 Å². The number of hydrogen-bond donors (Lipinski definition) is 16. The van der Waals surface area contributed by atoms with Gasteiger partial charge in [0.25, 0.3) is 0 Å². The van der Waals surface area contributed by atoms with Crippen LogP contribution in [0.1, 0.15) is 0 Å². The molecule has 0 aromatic heterocycles. The quantitative estimate of drug-likeness (QED) is 0.169. The van der Waals surface area contributed by atoms with Crippen LogP contribution in [0.3, 0.4) is 0 Å². The third kappa shape index (κ3) is 3290. The second-order valence-electron chi connectivity index (χ2n) is 2.26. The van der Waals surface area contributed by atoms with Gasteiger partial charge >= 0.3 is 138 Å². The fourth-order valence-corrected chi connectivity index (χ4v) is 0. The third-order valence-corrected chi connectivity index (χ3v) is 0. The minimum atomic E-state index is -1.83. The summed E-state index contributed by atoms with van der Waals surface area (Å²) in [5, 5.41) is 112. The fourth-order valence-electron chi connectivity index (χ4n) is 0. The van der Waals surface area contributed by atoms with Crippen LogP contribution in [0.2, 0.25) is 0 Å². The normalized spacial score (nSPS) is 5.49. The standard InChI is InChI=1S/8CH2O3.3Na.3H/c8*2-1(3)4;;;;;;/h8*(H2,2,3,4);;;;;;. The third-order valence-electron chi connectivity index (χ3n) is 0. The van der Waals surface area contributed by atoms with Crippen LogP contribution in [0, 0.1) is 0 Å². The Morgan fingerprint density at radius 3 is 0.200 bits per heavy atom.